The van der Waals surface area contributed by atoms with E-state index in [1.165, 1.54) is 7.05 Å². The molecule has 1 atom stereocenters. The van der Waals surface area contributed by atoms with Crippen molar-refractivity contribution in [2.24, 2.45) is 7.05 Å². The predicted molar refractivity (Wildman–Crippen MR) is 79.8 cm³/mol. The number of rotatable bonds is 2. The van der Waals surface area contributed by atoms with Gasteiger partial charge in [0.1, 0.15) is 11.3 Å². The van der Waals surface area contributed by atoms with Gasteiger partial charge in [0.2, 0.25) is 0 Å². The Morgan fingerprint density at radius 2 is 2.04 bits per heavy atom. The van der Waals surface area contributed by atoms with Crippen LogP contribution in [0.15, 0.2) is 21.7 Å². The molecule has 1 aliphatic heterocycles. The van der Waals surface area contributed by atoms with Crippen LogP contribution in [0, 0.1) is 0 Å². The van der Waals surface area contributed by atoms with Gasteiger partial charge in [-0.25, -0.2) is 9.78 Å². The molecule has 0 aliphatic carbocycles. The third kappa shape index (κ3) is 2.95. The number of hydrogen-bond donors (Lipinski definition) is 0. The quantitative estimate of drug-likeness (QED) is 0.832. The monoisotopic (exact) mass is 343 g/mol. The van der Waals surface area contributed by atoms with Crippen LogP contribution in [0.5, 0.6) is 0 Å². The van der Waals surface area contributed by atoms with Gasteiger partial charge >= 0.3 is 11.9 Å². The average Bonchev–Trinajstić information content (AvgIpc) is 2.56. The van der Waals surface area contributed by atoms with Crippen molar-refractivity contribution < 1.29 is 17.9 Å². The molecule has 0 N–H and O–H groups in total. The van der Waals surface area contributed by atoms with Crippen molar-refractivity contribution in [2.75, 3.05) is 6.61 Å². The van der Waals surface area contributed by atoms with Gasteiger partial charge in [0.05, 0.1) is 18.0 Å². The zero-order valence-electron chi connectivity index (χ0n) is 13.0. The van der Waals surface area contributed by atoms with E-state index in [0.29, 0.717) is 6.61 Å². The fourth-order valence-corrected chi connectivity index (χ4v) is 2.85. The van der Waals surface area contributed by atoms with Crippen molar-refractivity contribution in [3.8, 4) is 0 Å². The lowest BCUT2D eigenvalue weighted by Crippen LogP contribution is -2.43. The summed E-state index contributed by atoms with van der Waals surface area (Å²) >= 11 is 0. The SMILES string of the molecule is Cn1c(=O)n(C[C@@H]2CCCCO2)c(=O)c2ccc(C(F)(F)F)nc21. The first kappa shape index (κ1) is 16.7. The largest absolute Gasteiger partial charge is 0.433 e. The minimum atomic E-state index is -4.64. The van der Waals surface area contributed by atoms with Crippen molar-refractivity contribution >= 4 is 11.0 Å². The van der Waals surface area contributed by atoms with Crippen LogP contribution < -0.4 is 11.2 Å². The lowest BCUT2D eigenvalue weighted by molar-refractivity contribution is -0.141. The zero-order chi connectivity index (χ0) is 17.5. The van der Waals surface area contributed by atoms with Crippen LogP contribution in [0.1, 0.15) is 25.0 Å². The Balaban J connectivity index is 2.12. The Kier molecular flexibility index (Phi) is 4.20. The summed E-state index contributed by atoms with van der Waals surface area (Å²) < 4.78 is 45.9. The van der Waals surface area contributed by atoms with Crippen molar-refractivity contribution in [2.45, 2.75) is 38.1 Å². The average molecular weight is 343 g/mol. The number of aryl methyl sites for hydroxylation is 1. The number of nitrogens with zero attached hydrogens (tertiary/aromatic N) is 3. The summed E-state index contributed by atoms with van der Waals surface area (Å²) in [5, 5.41) is -0.0269. The number of alkyl halides is 3. The Hall–Kier alpha value is -2.16. The third-order valence-corrected chi connectivity index (χ3v) is 4.14. The van der Waals surface area contributed by atoms with E-state index in [0.717, 1.165) is 40.5 Å². The van der Waals surface area contributed by atoms with Crippen molar-refractivity contribution in [3.05, 3.63) is 38.7 Å². The van der Waals surface area contributed by atoms with Crippen LogP contribution in [0.4, 0.5) is 13.2 Å². The summed E-state index contributed by atoms with van der Waals surface area (Å²) in [4.78, 5) is 28.3. The fraction of sp³-hybridized carbons (Fsp3) is 0.533. The topological polar surface area (TPSA) is 66.1 Å². The lowest BCUT2D eigenvalue weighted by Gasteiger charge is -2.23. The second-order valence-electron chi connectivity index (χ2n) is 5.81. The zero-order valence-corrected chi connectivity index (χ0v) is 13.0. The number of hydrogen-bond acceptors (Lipinski definition) is 4. The van der Waals surface area contributed by atoms with Crippen molar-refractivity contribution in [1.29, 1.82) is 0 Å². The van der Waals surface area contributed by atoms with E-state index >= 15 is 0 Å². The molecule has 130 valence electrons. The molecule has 24 heavy (non-hydrogen) atoms. The van der Waals surface area contributed by atoms with E-state index in [1.807, 2.05) is 0 Å². The maximum atomic E-state index is 12.8. The summed E-state index contributed by atoms with van der Waals surface area (Å²) in [5.41, 5.74) is -2.77. The molecule has 0 bridgehead atoms. The standard InChI is InChI=1S/C15H16F3N3O3/c1-20-12-10(5-6-11(19-12)15(16,17)18)13(22)21(14(20)23)8-9-4-2-3-7-24-9/h5-6,9H,2-4,7-8H2,1H3/t9-/m0/s1. The first-order valence-corrected chi connectivity index (χ1v) is 7.58. The highest BCUT2D eigenvalue weighted by molar-refractivity contribution is 5.74. The second kappa shape index (κ2) is 6.04. The molecule has 1 aliphatic rings. The molecule has 9 heteroatoms. The number of fused-ring (bicyclic) bond motifs is 1. The van der Waals surface area contributed by atoms with Gasteiger partial charge in [-0.15, -0.1) is 0 Å². The normalized spacial score (nSPS) is 18.9. The third-order valence-electron chi connectivity index (χ3n) is 4.14. The van der Waals surface area contributed by atoms with Crippen LogP contribution in [-0.2, 0) is 24.5 Å². The molecular formula is C15H16F3N3O3. The van der Waals surface area contributed by atoms with E-state index in [4.69, 9.17) is 4.74 Å². The number of halogens is 3. The van der Waals surface area contributed by atoms with Crippen molar-refractivity contribution in [3.63, 3.8) is 0 Å². The number of pyridine rings is 1. The molecule has 0 amide bonds. The van der Waals surface area contributed by atoms with Crippen LogP contribution in [0.25, 0.3) is 11.0 Å². The van der Waals surface area contributed by atoms with E-state index in [-0.39, 0.29) is 23.7 Å². The minimum absolute atomic E-state index is 0.0269. The van der Waals surface area contributed by atoms with Crippen LogP contribution >= 0.6 is 0 Å². The molecule has 0 radical (unpaired) electrons. The summed E-state index contributed by atoms with van der Waals surface area (Å²) in [7, 11) is 1.30. The minimum Gasteiger partial charge on any atom is -0.376 e. The predicted octanol–water partition coefficient (Wildman–Crippen LogP) is 1.68. The van der Waals surface area contributed by atoms with Gasteiger partial charge in [-0.2, -0.15) is 13.2 Å². The van der Waals surface area contributed by atoms with Crippen LogP contribution in [0.3, 0.4) is 0 Å². The molecule has 1 fully saturated rings. The molecule has 0 saturated carbocycles. The van der Waals surface area contributed by atoms with Gasteiger partial charge < -0.3 is 4.74 Å². The van der Waals surface area contributed by atoms with Gasteiger partial charge in [-0.3, -0.25) is 13.9 Å². The van der Waals surface area contributed by atoms with Gasteiger partial charge in [0, 0.05) is 13.7 Å². The molecule has 1 saturated heterocycles. The number of aromatic nitrogens is 3. The van der Waals surface area contributed by atoms with Crippen LogP contribution in [0.2, 0.25) is 0 Å². The summed E-state index contributed by atoms with van der Waals surface area (Å²) in [6, 6.07) is 1.81. The molecular weight excluding hydrogens is 327 g/mol. The molecule has 0 aromatic carbocycles. The maximum absolute atomic E-state index is 12.8. The Morgan fingerprint density at radius 3 is 2.67 bits per heavy atom. The summed E-state index contributed by atoms with van der Waals surface area (Å²) in [6.45, 7) is 0.659. The van der Waals surface area contributed by atoms with Crippen LogP contribution in [-0.4, -0.2) is 26.8 Å². The molecule has 2 aromatic heterocycles. The Morgan fingerprint density at radius 1 is 1.29 bits per heavy atom. The molecule has 0 spiro atoms. The van der Waals surface area contributed by atoms with Crippen molar-refractivity contribution in [1.82, 2.24) is 14.1 Å². The maximum Gasteiger partial charge on any atom is 0.433 e. The molecule has 3 rings (SSSR count). The first-order chi connectivity index (χ1) is 11.3. The highest BCUT2D eigenvalue weighted by Gasteiger charge is 2.33. The van der Waals surface area contributed by atoms with Gasteiger partial charge in [0.15, 0.2) is 0 Å². The highest BCUT2D eigenvalue weighted by Crippen LogP contribution is 2.28. The fourth-order valence-electron chi connectivity index (χ4n) is 2.85. The second-order valence-corrected chi connectivity index (χ2v) is 5.81. The Bertz CT molecular complexity index is 880. The van der Waals surface area contributed by atoms with E-state index < -0.39 is 23.1 Å². The van der Waals surface area contributed by atoms with E-state index in [1.54, 1.807) is 0 Å². The molecule has 2 aromatic rings. The summed E-state index contributed by atoms with van der Waals surface area (Å²) in [6.07, 6.45) is -2.27. The molecule has 6 nitrogen and oxygen atoms in total. The lowest BCUT2D eigenvalue weighted by atomic mass is 10.1. The van der Waals surface area contributed by atoms with Gasteiger partial charge in [0.25, 0.3) is 5.56 Å². The molecule has 0 unspecified atom stereocenters. The van der Waals surface area contributed by atoms with Gasteiger partial charge in [-0.1, -0.05) is 0 Å². The van der Waals surface area contributed by atoms with E-state index in [9.17, 15) is 22.8 Å². The van der Waals surface area contributed by atoms with Gasteiger partial charge in [-0.05, 0) is 31.4 Å². The highest BCUT2D eigenvalue weighted by atomic mass is 19.4. The smallest absolute Gasteiger partial charge is 0.376 e. The molecule has 3 heterocycles. The Labute approximate surface area is 134 Å². The summed E-state index contributed by atoms with van der Waals surface area (Å²) in [5.74, 6) is 0. The van der Waals surface area contributed by atoms with E-state index in [2.05, 4.69) is 4.98 Å². The first-order valence-electron chi connectivity index (χ1n) is 7.58. The number of ether oxygens (including phenoxy) is 1.